The fraction of sp³-hybridized carbons (Fsp3) is 0.308. The summed E-state index contributed by atoms with van der Waals surface area (Å²) in [5.41, 5.74) is 3.65. The van der Waals surface area contributed by atoms with Crippen molar-refractivity contribution < 1.29 is 23.9 Å². The summed E-state index contributed by atoms with van der Waals surface area (Å²) in [5.74, 6) is 0.348. The summed E-state index contributed by atoms with van der Waals surface area (Å²) >= 11 is 0. The van der Waals surface area contributed by atoms with Crippen molar-refractivity contribution in [3.63, 3.8) is 0 Å². The average molecular weight is 621 g/mol. The highest BCUT2D eigenvalue weighted by molar-refractivity contribution is 6.12. The van der Waals surface area contributed by atoms with Crippen molar-refractivity contribution in [3.8, 4) is 5.75 Å². The molecule has 4 aromatic rings. The number of rotatable bonds is 18. The van der Waals surface area contributed by atoms with Crippen molar-refractivity contribution in [3.05, 3.63) is 131 Å². The first-order chi connectivity index (χ1) is 22.5. The minimum Gasteiger partial charge on any atom is -0.494 e. The zero-order chi connectivity index (χ0) is 32.6. The maximum atomic E-state index is 13.2. The van der Waals surface area contributed by atoms with Gasteiger partial charge in [0.25, 0.3) is 0 Å². The third-order valence-electron chi connectivity index (χ3n) is 7.79. The van der Waals surface area contributed by atoms with E-state index >= 15 is 0 Å². The Balaban J connectivity index is 1.33. The smallest absolute Gasteiger partial charge is 0.328 e. The normalized spacial score (nSPS) is 11.3. The SMILES string of the molecule is CCCCCC(=O)N(CCCOc1ccc(C[C@H](Nc2ccccc2C(=O)c2ccccc2)C(=O)OC)cc1)Cc1ccccc1. The molecule has 0 saturated carbocycles. The van der Waals surface area contributed by atoms with Gasteiger partial charge >= 0.3 is 5.97 Å². The van der Waals surface area contributed by atoms with Crippen LogP contribution in [0.25, 0.3) is 0 Å². The summed E-state index contributed by atoms with van der Waals surface area (Å²) in [7, 11) is 1.36. The maximum Gasteiger partial charge on any atom is 0.328 e. The lowest BCUT2D eigenvalue weighted by molar-refractivity contribution is -0.141. The van der Waals surface area contributed by atoms with Crippen LogP contribution in [-0.4, -0.2) is 48.9 Å². The fourth-order valence-corrected chi connectivity index (χ4v) is 5.26. The molecule has 0 aliphatic heterocycles. The third-order valence-corrected chi connectivity index (χ3v) is 7.79. The van der Waals surface area contributed by atoms with Crippen LogP contribution in [0.1, 0.15) is 66.1 Å². The fourth-order valence-electron chi connectivity index (χ4n) is 5.26. The van der Waals surface area contributed by atoms with Gasteiger partial charge in [-0.25, -0.2) is 4.79 Å². The van der Waals surface area contributed by atoms with Gasteiger partial charge in [0.05, 0.1) is 13.7 Å². The summed E-state index contributed by atoms with van der Waals surface area (Å²) in [6, 6.07) is 33.2. The van der Waals surface area contributed by atoms with E-state index in [0.717, 1.165) is 30.4 Å². The number of hydrogen-bond acceptors (Lipinski definition) is 6. The first-order valence-corrected chi connectivity index (χ1v) is 16.0. The Kier molecular flexibility index (Phi) is 13.4. The summed E-state index contributed by atoms with van der Waals surface area (Å²) in [6.45, 7) is 3.84. The number of nitrogens with one attached hydrogen (secondary N) is 1. The molecule has 0 fully saturated rings. The molecule has 0 radical (unpaired) electrons. The summed E-state index contributed by atoms with van der Waals surface area (Å²) < 4.78 is 11.1. The van der Waals surface area contributed by atoms with Gasteiger partial charge in [-0.1, -0.05) is 105 Å². The van der Waals surface area contributed by atoms with E-state index in [-0.39, 0.29) is 11.7 Å². The standard InChI is InChI=1S/C39H44N2O5/c1-3-4-7-21-37(42)41(29-31-15-8-5-9-16-31)26-14-27-46-33-24-22-30(23-25-33)28-36(39(44)45-2)40-35-20-13-12-19-34(35)38(43)32-17-10-6-11-18-32/h5-6,8-13,15-20,22-25,36,40H,3-4,7,14,21,26-29H2,1-2H3/t36-/m0/s1. The molecule has 0 saturated heterocycles. The molecule has 4 rings (SSSR count). The lowest BCUT2D eigenvalue weighted by Crippen LogP contribution is -2.33. The molecule has 0 aliphatic rings. The Morgan fingerprint density at radius 1 is 0.761 bits per heavy atom. The van der Waals surface area contributed by atoms with Crippen LogP contribution in [0.2, 0.25) is 0 Å². The number of esters is 1. The van der Waals surface area contributed by atoms with Crippen LogP contribution >= 0.6 is 0 Å². The van der Waals surface area contributed by atoms with Crippen molar-refractivity contribution in [1.29, 1.82) is 0 Å². The number of anilines is 1. The van der Waals surface area contributed by atoms with E-state index in [4.69, 9.17) is 9.47 Å². The zero-order valence-corrected chi connectivity index (χ0v) is 26.8. The topological polar surface area (TPSA) is 84.9 Å². The van der Waals surface area contributed by atoms with E-state index in [0.29, 0.717) is 61.5 Å². The highest BCUT2D eigenvalue weighted by atomic mass is 16.5. The highest BCUT2D eigenvalue weighted by Gasteiger charge is 2.23. The van der Waals surface area contributed by atoms with E-state index in [9.17, 15) is 14.4 Å². The lowest BCUT2D eigenvalue weighted by Gasteiger charge is -2.23. The number of methoxy groups -OCH3 is 1. The van der Waals surface area contributed by atoms with Crippen LogP contribution < -0.4 is 10.1 Å². The first kappa shape index (κ1) is 34.0. The molecule has 1 amide bonds. The van der Waals surface area contributed by atoms with Crippen LogP contribution in [0.5, 0.6) is 5.75 Å². The Hall–Kier alpha value is -4.91. The second kappa shape index (κ2) is 18.2. The van der Waals surface area contributed by atoms with Crippen molar-refractivity contribution in [2.75, 3.05) is 25.6 Å². The number of amides is 1. The number of hydrogen-bond donors (Lipinski definition) is 1. The molecule has 7 heteroatoms. The minimum absolute atomic E-state index is 0.127. The number of carbonyl (C=O) groups excluding carboxylic acids is 3. The van der Waals surface area contributed by atoms with Gasteiger partial charge in [0, 0.05) is 42.7 Å². The molecule has 0 spiro atoms. The van der Waals surface area contributed by atoms with Crippen molar-refractivity contribution in [2.45, 2.75) is 58.0 Å². The maximum absolute atomic E-state index is 13.2. The Morgan fingerprint density at radius 2 is 1.43 bits per heavy atom. The molecule has 1 N–H and O–H groups in total. The molecule has 4 aromatic carbocycles. The average Bonchev–Trinajstić information content (AvgIpc) is 3.10. The lowest BCUT2D eigenvalue weighted by atomic mass is 10.00. The summed E-state index contributed by atoms with van der Waals surface area (Å²) in [6.07, 6.45) is 4.69. The number of unbranched alkanes of at least 4 members (excludes halogenated alkanes) is 2. The van der Waals surface area contributed by atoms with Gasteiger partial charge in [0.1, 0.15) is 11.8 Å². The van der Waals surface area contributed by atoms with Crippen LogP contribution in [-0.2, 0) is 27.3 Å². The van der Waals surface area contributed by atoms with Gasteiger partial charge in [-0.15, -0.1) is 0 Å². The molecule has 240 valence electrons. The minimum atomic E-state index is -0.702. The predicted molar refractivity (Wildman–Crippen MR) is 182 cm³/mol. The molecule has 0 bridgehead atoms. The Bertz CT molecular complexity index is 1520. The van der Waals surface area contributed by atoms with E-state index in [1.54, 1.807) is 30.3 Å². The first-order valence-electron chi connectivity index (χ1n) is 16.0. The second-order valence-electron chi connectivity index (χ2n) is 11.3. The monoisotopic (exact) mass is 620 g/mol. The van der Waals surface area contributed by atoms with Crippen LogP contribution in [0, 0.1) is 0 Å². The number of para-hydroxylation sites is 1. The van der Waals surface area contributed by atoms with Gasteiger partial charge in [-0.2, -0.15) is 0 Å². The number of benzene rings is 4. The molecule has 0 unspecified atom stereocenters. The molecule has 0 heterocycles. The zero-order valence-electron chi connectivity index (χ0n) is 26.8. The molecular formula is C39H44N2O5. The van der Waals surface area contributed by atoms with Gasteiger partial charge in [0.15, 0.2) is 5.78 Å². The molecule has 1 atom stereocenters. The van der Waals surface area contributed by atoms with Crippen LogP contribution in [0.3, 0.4) is 0 Å². The van der Waals surface area contributed by atoms with Crippen LogP contribution in [0.4, 0.5) is 5.69 Å². The molecule has 0 aliphatic carbocycles. The van der Waals surface area contributed by atoms with E-state index in [1.165, 1.54) is 7.11 Å². The Morgan fingerprint density at radius 3 is 2.13 bits per heavy atom. The second-order valence-corrected chi connectivity index (χ2v) is 11.3. The third kappa shape index (κ3) is 10.3. The van der Waals surface area contributed by atoms with Crippen molar-refractivity contribution in [1.82, 2.24) is 4.90 Å². The quantitative estimate of drug-likeness (QED) is 0.0705. The predicted octanol–water partition coefficient (Wildman–Crippen LogP) is 7.49. The van der Waals surface area contributed by atoms with Gasteiger partial charge < -0.3 is 19.7 Å². The molecule has 0 aromatic heterocycles. The summed E-state index contributed by atoms with van der Waals surface area (Å²) in [4.78, 5) is 40.9. The molecule has 46 heavy (non-hydrogen) atoms. The van der Waals surface area contributed by atoms with Crippen molar-refractivity contribution in [2.24, 2.45) is 0 Å². The summed E-state index contributed by atoms with van der Waals surface area (Å²) in [5, 5.41) is 3.25. The van der Waals surface area contributed by atoms with Gasteiger partial charge in [0.2, 0.25) is 5.91 Å². The van der Waals surface area contributed by atoms with Crippen molar-refractivity contribution >= 4 is 23.3 Å². The molecular weight excluding hydrogens is 576 g/mol. The van der Waals surface area contributed by atoms with E-state index in [2.05, 4.69) is 12.2 Å². The number of carbonyl (C=O) groups is 3. The number of ether oxygens (including phenoxy) is 2. The van der Waals surface area contributed by atoms with Gasteiger partial charge in [-0.05, 0) is 48.2 Å². The molecule has 7 nitrogen and oxygen atoms in total. The largest absolute Gasteiger partial charge is 0.494 e. The van der Waals surface area contributed by atoms with Crippen LogP contribution in [0.15, 0.2) is 109 Å². The number of nitrogens with zero attached hydrogens (tertiary/aromatic N) is 1. The Labute approximate surface area is 272 Å². The number of ketones is 1. The van der Waals surface area contributed by atoms with Gasteiger partial charge in [-0.3, -0.25) is 9.59 Å². The van der Waals surface area contributed by atoms with E-state index in [1.807, 2.05) is 83.8 Å². The van der Waals surface area contributed by atoms with E-state index < -0.39 is 12.0 Å². The highest BCUT2D eigenvalue weighted by Crippen LogP contribution is 2.22.